The predicted octanol–water partition coefficient (Wildman–Crippen LogP) is -0.538. The van der Waals surface area contributed by atoms with Crippen molar-refractivity contribution in [2.45, 2.75) is 11.4 Å². The van der Waals surface area contributed by atoms with Crippen LogP contribution in [0.2, 0.25) is 0 Å². The maximum atomic E-state index is 10.3. The highest BCUT2D eigenvalue weighted by atomic mass is 35.5. The zero-order valence-corrected chi connectivity index (χ0v) is 19.1. The van der Waals surface area contributed by atoms with Crippen LogP contribution in [0.25, 0.3) is 23.5 Å². The van der Waals surface area contributed by atoms with Gasteiger partial charge in [-0.15, -0.1) is 11.8 Å². The van der Waals surface area contributed by atoms with E-state index in [0.29, 0.717) is 17.2 Å². The van der Waals surface area contributed by atoms with Gasteiger partial charge in [0.1, 0.15) is 18.8 Å². The summed E-state index contributed by atoms with van der Waals surface area (Å²) in [5, 5.41) is 15.1. The van der Waals surface area contributed by atoms with Gasteiger partial charge in [0.05, 0.1) is 31.9 Å². The molecule has 1 aromatic heterocycles. The molecule has 0 saturated carbocycles. The van der Waals surface area contributed by atoms with Crippen molar-refractivity contribution in [1.29, 1.82) is 0 Å². The molecule has 0 unspecified atom stereocenters. The average molecular weight is 459 g/mol. The highest BCUT2D eigenvalue weighted by Gasteiger charge is 2.18. The van der Waals surface area contributed by atoms with E-state index >= 15 is 0 Å². The largest absolute Gasteiger partial charge is 1.00 e. The molecular weight excluding hydrogens is 432 g/mol. The van der Waals surface area contributed by atoms with E-state index in [-0.39, 0.29) is 18.2 Å². The van der Waals surface area contributed by atoms with Crippen molar-refractivity contribution in [3.05, 3.63) is 59.9 Å². The molecule has 6 nitrogen and oxygen atoms in total. The minimum atomic E-state index is 0. The van der Waals surface area contributed by atoms with Gasteiger partial charge in [-0.25, -0.2) is 9.67 Å². The summed E-state index contributed by atoms with van der Waals surface area (Å²) in [7, 11) is 0. The number of nitrogens with one attached hydrogen (secondary N) is 1. The lowest BCUT2D eigenvalue weighted by atomic mass is 10.2. The Bertz CT molecular complexity index is 1000. The smallest absolute Gasteiger partial charge is 0.174 e. The van der Waals surface area contributed by atoms with Crippen molar-refractivity contribution in [1.82, 2.24) is 14.8 Å². The van der Waals surface area contributed by atoms with Gasteiger partial charge in [0.25, 0.3) is 0 Å². The first-order chi connectivity index (χ1) is 14.7. The van der Waals surface area contributed by atoms with E-state index < -0.39 is 0 Å². The van der Waals surface area contributed by atoms with E-state index in [1.165, 1.54) is 9.80 Å². The second-order valence-electron chi connectivity index (χ2n) is 7.25. The van der Waals surface area contributed by atoms with Crippen LogP contribution in [-0.4, -0.2) is 59.0 Å². The number of hydrogen-bond acceptors (Lipinski definition) is 5. The normalized spacial score (nSPS) is 14.6. The first-order valence-corrected chi connectivity index (χ1v) is 11.4. The Labute approximate surface area is 193 Å². The van der Waals surface area contributed by atoms with Gasteiger partial charge in [-0.1, -0.05) is 30.3 Å². The topological polar surface area (TPSA) is 64.6 Å². The van der Waals surface area contributed by atoms with Crippen LogP contribution < -0.4 is 17.3 Å². The standard InChI is InChI=1S/C23H26N4O2S.ClH/c1-30-19-9-6-18(7-10-19)8-11-22-24-23(20-4-2-3-5-21(20)28)27(25-22)13-12-26-14-16-29-17-15-26;/h2-11,28H,12-17H2,1H3;1H/b11-8+;. The molecule has 2 N–H and O–H groups in total. The van der Waals surface area contributed by atoms with E-state index in [1.807, 2.05) is 35.0 Å². The van der Waals surface area contributed by atoms with E-state index in [9.17, 15) is 5.11 Å². The molecule has 0 aliphatic carbocycles. The van der Waals surface area contributed by atoms with Crippen LogP contribution in [0, 0.1) is 0 Å². The third kappa shape index (κ3) is 6.11. The fraction of sp³-hybridized carbons (Fsp3) is 0.304. The Morgan fingerprint density at radius 2 is 1.84 bits per heavy atom. The summed E-state index contributed by atoms with van der Waals surface area (Å²) < 4.78 is 7.36. The Balaban J connectivity index is 0.00000272. The molecule has 0 spiro atoms. The average Bonchev–Trinajstić information content (AvgIpc) is 3.20. The van der Waals surface area contributed by atoms with Gasteiger partial charge in [0.15, 0.2) is 11.6 Å². The number of halogens is 1. The van der Waals surface area contributed by atoms with Gasteiger partial charge >= 0.3 is 0 Å². The van der Waals surface area contributed by atoms with Gasteiger partial charge < -0.3 is 27.2 Å². The van der Waals surface area contributed by atoms with Gasteiger partial charge in [-0.2, -0.15) is 5.10 Å². The predicted molar refractivity (Wildman–Crippen MR) is 121 cm³/mol. The SMILES string of the molecule is CSc1ccc(/C=C/c2nc(-c3ccccc3O)n(CC[NH+]3CCOCC3)n2)cc1.[Cl-]. The number of rotatable bonds is 7. The number of morpholine rings is 1. The van der Waals surface area contributed by atoms with Crippen LogP contribution in [0.1, 0.15) is 11.4 Å². The summed E-state index contributed by atoms with van der Waals surface area (Å²) in [6.07, 6.45) is 6.02. The molecule has 2 heterocycles. The first-order valence-electron chi connectivity index (χ1n) is 10.2. The number of nitrogens with zero attached hydrogens (tertiary/aromatic N) is 3. The van der Waals surface area contributed by atoms with Crippen LogP contribution in [0.15, 0.2) is 53.4 Å². The zero-order chi connectivity index (χ0) is 20.8. The Morgan fingerprint density at radius 3 is 2.55 bits per heavy atom. The van der Waals surface area contributed by atoms with E-state index in [1.54, 1.807) is 17.8 Å². The summed E-state index contributed by atoms with van der Waals surface area (Å²) in [6, 6.07) is 15.7. The second-order valence-corrected chi connectivity index (χ2v) is 8.13. The molecule has 8 heteroatoms. The Morgan fingerprint density at radius 1 is 1.10 bits per heavy atom. The van der Waals surface area contributed by atoms with Gasteiger partial charge in [-0.3, -0.25) is 0 Å². The molecule has 0 bridgehead atoms. The number of para-hydroxylation sites is 1. The summed E-state index contributed by atoms with van der Waals surface area (Å²) in [4.78, 5) is 7.46. The summed E-state index contributed by atoms with van der Waals surface area (Å²) in [6.45, 7) is 5.33. The molecule has 4 rings (SSSR count). The summed E-state index contributed by atoms with van der Waals surface area (Å²) in [5.74, 6) is 1.55. The minimum absolute atomic E-state index is 0. The lowest BCUT2D eigenvalue weighted by Crippen LogP contribution is -3.14. The fourth-order valence-electron chi connectivity index (χ4n) is 3.51. The summed E-state index contributed by atoms with van der Waals surface area (Å²) in [5.41, 5.74) is 1.80. The summed E-state index contributed by atoms with van der Waals surface area (Å²) >= 11 is 1.73. The minimum Gasteiger partial charge on any atom is -1.00 e. The molecule has 1 fully saturated rings. The number of ether oxygens (including phenoxy) is 1. The molecule has 0 atom stereocenters. The van der Waals surface area contributed by atoms with Crippen molar-refractivity contribution in [3.63, 3.8) is 0 Å². The number of benzene rings is 2. The van der Waals surface area contributed by atoms with Crippen molar-refractivity contribution in [3.8, 4) is 17.1 Å². The van der Waals surface area contributed by atoms with E-state index in [0.717, 1.165) is 45.0 Å². The van der Waals surface area contributed by atoms with Gasteiger partial charge in [0, 0.05) is 4.90 Å². The number of thioether (sulfide) groups is 1. The Hall–Kier alpha value is -2.32. The zero-order valence-electron chi connectivity index (χ0n) is 17.5. The van der Waals surface area contributed by atoms with Crippen LogP contribution >= 0.6 is 11.8 Å². The van der Waals surface area contributed by atoms with Crippen molar-refractivity contribution in [2.75, 3.05) is 39.1 Å². The monoisotopic (exact) mass is 458 g/mol. The number of aromatic nitrogens is 3. The molecule has 1 saturated heterocycles. The molecule has 1 aliphatic rings. The molecular formula is C23H27ClN4O2S. The van der Waals surface area contributed by atoms with Crippen molar-refractivity contribution >= 4 is 23.9 Å². The molecule has 1 aliphatic heterocycles. The second kappa shape index (κ2) is 11.3. The van der Waals surface area contributed by atoms with Crippen LogP contribution in [0.3, 0.4) is 0 Å². The van der Waals surface area contributed by atoms with Gasteiger partial charge in [0.2, 0.25) is 0 Å². The third-order valence-corrected chi connectivity index (χ3v) is 5.99. The molecule has 31 heavy (non-hydrogen) atoms. The maximum Gasteiger partial charge on any atom is 0.174 e. The van der Waals surface area contributed by atoms with E-state index in [4.69, 9.17) is 14.8 Å². The van der Waals surface area contributed by atoms with Gasteiger partial charge in [-0.05, 0) is 42.2 Å². The van der Waals surface area contributed by atoms with Crippen molar-refractivity contribution in [2.24, 2.45) is 0 Å². The highest BCUT2D eigenvalue weighted by molar-refractivity contribution is 7.98. The maximum absolute atomic E-state index is 10.3. The molecule has 2 aromatic carbocycles. The van der Waals surface area contributed by atoms with Crippen LogP contribution in [0.5, 0.6) is 5.75 Å². The molecule has 0 amide bonds. The number of hydrogen-bond donors (Lipinski definition) is 2. The van der Waals surface area contributed by atoms with Crippen LogP contribution in [0.4, 0.5) is 0 Å². The van der Waals surface area contributed by atoms with Crippen LogP contribution in [-0.2, 0) is 11.3 Å². The lowest BCUT2D eigenvalue weighted by molar-refractivity contribution is -0.908. The number of phenols is 1. The van der Waals surface area contributed by atoms with E-state index in [2.05, 4.69) is 30.5 Å². The molecule has 164 valence electrons. The Kier molecular flexibility index (Phi) is 8.54. The molecule has 3 aromatic rings. The number of aromatic hydroxyl groups is 1. The molecule has 0 radical (unpaired) electrons. The highest BCUT2D eigenvalue weighted by Crippen LogP contribution is 2.27. The fourth-order valence-corrected chi connectivity index (χ4v) is 3.92. The number of quaternary nitrogens is 1. The first kappa shape index (κ1) is 23.3. The third-order valence-electron chi connectivity index (χ3n) is 5.25. The quantitative estimate of drug-likeness (QED) is 0.466. The lowest BCUT2D eigenvalue weighted by Gasteiger charge is -2.23. The number of phenolic OH excluding ortho intramolecular Hbond substituents is 1. The van der Waals surface area contributed by atoms with Crippen molar-refractivity contribution < 1.29 is 27.2 Å².